The quantitative estimate of drug-likeness (QED) is 0.270. The van der Waals surface area contributed by atoms with Gasteiger partial charge < -0.3 is 4.57 Å². The van der Waals surface area contributed by atoms with Crippen LogP contribution in [0.3, 0.4) is 0 Å². The van der Waals surface area contributed by atoms with E-state index in [1.807, 2.05) is 30.9 Å². The highest BCUT2D eigenvalue weighted by Gasteiger charge is 2.20. The molecular weight excluding hydrogens is 418 g/mol. The lowest BCUT2D eigenvalue weighted by Gasteiger charge is -2.11. The van der Waals surface area contributed by atoms with Crippen molar-refractivity contribution in [3.8, 4) is 5.69 Å². The van der Waals surface area contributed by atoms with Crippen molar-refractivity contribution in [1.29, 1.82) is 0 Å². The summed E-state index contributed by atoms with van der Waals surface area (Å²) in [4.78, 5) is 13.8. The number of benzene rings is 3. The van der Waals surface area contributed by atoms with Crippen LogP contribution in [0, 0.1) is 0 Å². The van der Waals surface area contributed by atoms with Crippen LogP contribution >= 0.6 is 0 Å². The number of hydrogen-bond donors (Lipinski definition) is 0. The molecule has 8 rings (SSSR count). The molecule has 0 radical (unpaired) electrons. The van der Waals surface area contributed by atoms with E-state index in [2.05, 4.69) is 91.7 Å². The summed E-state index contributed by atoms with van der Waals surface area (Å²) in [5.41, 5.74) is 7.41. The maximum absolute atomic E-state index is 5.01. The van der Waals surface area contributed by atoms with E-state index in [0.29, 0.717) is 0 Å². The first-order chi connectivity index (χ1) is 16.9. The number of nitrogens with zero attached hydrogens (tertiary/aromatic N) is 5. The van der Waals surface area contributed by atoms with Crippen LogP contribution < -0.4 is 0 Å². The zero-order valence-electron chi connectivity index (χ0n) is 18.1. The van der Waals surface area contributed by atoms with Crippen LogP contribution in [0.4, 0.5) is 0 Å². The molecule has 34 heavy (non-hydrogen) atoms. The number of aromatic nitrogens is 5. The average molecular weight is 435 g/mol. The molecule has 5 nitrogen and oxygen atoms in total. The molecule has 8 aromatic rings. The van der Waals surface area contributed by atoms with Crippen molar-refractivity contribution in [1.82, 2.24) is 23.9 Å². The molecule has 0 unspecified atom stereocenters. The number of pyridine rings is 3. The van der Waals surface area contributed by atoms with Crippen molar-refractivity contribution < 1.29 is 0 Å². The lowest BCUT2D eigenvalue weighted by molar-refractivity contribution is 1.18. The Morgan fingerprint density at radius 3 is 2.26 bits per heavy atom. The molecule has 0 amide bonds. The van der Waals surface area contributed by atoms with Gasteiger partial charge in [-0.15, -0.1) is 0 Å². The first kappa shape index (κ1) is 17.7. The molecule has 3 aromatic carbocycles. The van der Waals surface area contributed by atoms with Crippen molar-refractivity contribution in [3.05, 3.63) is 104 Å². The van der Waals surface area contributed by atoms with Crippen molar-refractivity contribution in [3.63, 3.8) is 0 Å². The lowest BCUT2D eigenvalue weighted by atomic mass is 10.0. The second kappa shape index (κ2) is 6.39. The second-order valence-electron chi connectivity index (χ2n) is 8.60. The van der Waals surface area contributed by atoms with E-state index >= 15 is 0 Å². The van der Waals surface area contributed by atoms with E-state index in [4.69, 9.17) is 4.98 Å². The molecule has 5 aromatic heterocycles. The van der Waals surface area contributed by atoms with Gasteiger partial charge in [-0.25, -0.2) is 4.98 Å². The Labute approximate surface area is 193 Å². The topological polar surface area (TPSA) is 48.0 Å². The van der Waals surface area contributed by atoms with E-state index in [0.717, 1.165) is 38.7 Å². The molecule has 0 bridgehead atoms. The first-order valence-electron chi connectivity index (χ1n) is 11.3. The van der Waals surface area contributed by atoms with Gasteiger partial charge in [-0.3, -0.25) is 14.4 Å². The normalized spacial score (nSPS) is 12.1. The third kappa shape index (κ3) is 2.16. The minimum absolute atomic E-state index is 0.881. The molecule has 5 heteroatoms. The number of hydrogen-bond acceptors (Lipinski definition) is 3. The number of imidazole rings is 1. The molecule has 0 saturated heterocycles. The molecule has 0 aliphatic rings. The van der Waals surface area contributed by atoms with Gasteiger partial charge in [-0.1, -0.05) is 36.4 Å². The van der Waals surface area contributed by atoms with Crippen LogP contribution in [0.5, 0.6) is 0 Å². The Hall–Kier alpha value is -4.77. The predicted molar refractivity (Wildman–Crippen MR) is 138 cm³/mol. The van der Waals surface area contributed by atoms with Crippen LogP contribution in [0.25, 0.3) is 65.8 Å². The zero-order chi connectivity index (χ0) is 22.2. The SMILES string of the molecule is c1ccc(-n2c3ccccc3c3c4c5ccncc5n5c6ccncc6nc5c4ccc32)cc1. The predicted octanol–water partition coefficient (Wildman–Crippen LogP) is 6.68. The molecular formula is C29H17N5. The van der Waals surface area contributed by atoms with Crippen LogP contribution in [-0.2, 0) is 0 Å². The monoisotopic (exact) mass is 435 g/mol. The summed E-state index contributed by atoms with van der Waals surface area (Å²) in [6.45, 7) is 0. The van der Waals surface area contributed by atoms with Crippen LogP contribution in [-0.4, -0.2) is 23.9 Å². The maximum Gasteiger partial charge on any atom is 0.146 e. The van der Waals surface area contributed by atoms with Gasteiger partial charge >= 0.3 is 0 Å². The highest BCUT2D eigenvalue weighted by molar-refractivity contribution is 6.30. The van der Waals surface area contributed by atoms with Crippen LogP contribution in [0.1, 0.15) is 0 Å². The number of para-hydroxylation sites is 2. The van der Waals surface area contributed by atoms with Crippen molar-refractivity contribution >= 4 is 60.2 Å². The fraction of sp³-hybridized carbons (Fsp3) is 0. The van der Waals surface area contributed by atoms with Crippen molar-refractivity contribution in [2.75, 3.05) is 0 Å². The minimum atomic E-state index is 0.881. The van der Waals surface area contributed by atoms with E-state index in [1.165, 1.54) is 27.2 Å². The summed E-state index contributed by atoms with van der Waals surface area (Å²) in [5, 5.41) is 5.96. The molecule has 0 saturated carbocycles. The lowest BCUT2D eigenvalue weighted by Crippen LogP contribution is -1.94. The highest BCUT2D eigenvalue weighted by atomic mass is 15.0. The molecule has 158 valence electrons. The standard InChI is InChI=1S/C29H17N5/c1-2-6-18(7-3-1)33-23-9-5-4-8-19(23)28-25(33)11-10-21-27(28)20-12-14-31-17-26(20)34-24-13-15-30-16-22(24)32-29(21)34/h1-17H. The molecule has 5 heterocycles. The van der Waals surface area contributed by atoms with E-state index in [-0.39, 0.29) is 0 Å². The van der Waals surface area contributed by atoms with Gasteiger partial charge in [0.15, 0.2) is 0 Å². The number of fused-ring (bicyclic) bond motifs is 12. The Morgan fingerprint density at radius 2 is 1.32 bits per heavy atom. The Balaban J connectivity index is 1.70. The highest BCUT2D eigenvalue weighted by Crippen LogP contribution is 2.41. The van der Waals surface area contributed by atoms with Crippen LogP contribution in [0.15, 0.2) is 104 Å². The summed E-state index contributed by atoms with van der Waals surface area (Å²) in [6.07, 6.45) is 7.47. The molecule has 0 aliphatic heterocycles. The third-order valence-corrected chi connectivity index (χ3v) is 6.86. The Kier molecular flexibility index (Phi) is 3.34. The first-order valence-corrected chi connectivity index (χ1v) is 11.3. The number of rotatable bonds is 1. The van der Waals surface area contributed by atoms with Crippen molar-refractivity contribution in [2.24, 2.45) is 0 Å². The fourth-order valence-corrected chi connectivity index (χ4v) is 5.51. The van der Waals surface area contributed by atoms with Gasteiger partial charge in [-0.2, -0.15) is 0 Å². The summed E-state index contributed by atoms with van der Waals surface area (Å²) >= 11 is 0. The summed E-state index contributed by atoms with van der Waals surface area (Å²) in [5.74, 6) is 0. The summed E-state index contributed by atoms with van der Waals surface area (Å²) in [7, 11) is 0. The van der Waals surface area contributed by atoms with Crippen LogP contribution in [0.2, 0.25) is 0 Å². The van der Waals surface area contributed by atoms with E-state index in [1.54, 1.807) is 0 Å². The van der Waals surface area contributed by atoms with E-state index < -0.39 is 0 Å². The van der Waals surface area contributed by atoms with Gasteiger partial charge in [0.05, 0.1) is 34.5 Å². The van der Waals surface area contributed by atoms with Gasteiger partial charge in [0.1, 0.15) is 11.2 Å². The summed E-state index contributed by atoms with van der Waals surface area (Å²) in [6, 6.07) is 27.8. The molecule has 0 spiro atoms. The summed E-state index contributed by atoms with van der Waals surface area (Å²) < 4.78 is 4.57. The zero-order valence-corrected chi connectivity index (χ0v) is 18.1. The van der Waals surface area contributed by atoms with E-state index in [9.17, 15) is 0 Å². The third-order valence-electron chi connectivity index (χ3n) is 6.86. The van der Waals surface area contributed by atoms with Gasteiger partial charge in [0.2, 0.25) is 0 Å². The Bertz CT molecular complexity index is 2070. The maximum atomic E-state index is 5.01. The smallest absolute Gasteiger partial charge is 0.146 e. The van der Waals surface area contributed by atoms with Crippen molar-refractivity contribution in [2.45, 2.75) is 0 Å². The molecule has 0 atom stereocenters. The molecule has 0 N–H and O–H groups in total. The van der Waals surface area contributed by atoms with Gasteiger partial charge in [-0.05, 0) is 42.5 Å². The molecule has 0 aliphatic carbocycles. The Morgan fingerprint density at radius 1 is 0.529 bits per heavy atom. The second-order valence-corrected chi connectivity index (χ2v) is 8.60. The largest absolute Gasteiger partial charge is 0.309 e. The molecule has 0 fully saturated rings. The fourth-order valence-electron chi connectivity index (χ4n) is 5.51. The van der Waals surface area contributed by atoms with Gasteiger partial charge in [0.25, 0.3) is 0 Å². The average Bonchev–Trinajstić information content (AvgIpc) is 3.45. The minimum Gasteiger partial charge on any atom is -0.309 e. The van der Waals surface area contributed by atoms with Gasteiger partial charge in [0, 0.05) is 45.0 Å².